The molecule has 6 saturated carbocycles. The van der Waals surface area contributed by atoms with E-state index in [1.165, 1.54) is 49.7 Å². The van der Waals surface area contributed by atoms with Gasteiger partial charge in [0.15, 0.2) is 0 Å². The fourth-order valence-electron chi connectivity index (χ4n) is 14.7. The highest BCUT2D eigenvalue weighted by Gasteiger charge is 2.51. The van der Waals surface area contributed by atoms with Crippen molar-refractivity contribution in [3.05, 3.63) is 107 Å². The minimum Gasteiger partial charge on any atom is -0.379 e. The van der Waals surface area contributed by atoms with Crippen molar-refractivity contribution in [1.82, 2.24) is 31.1 Å². The Morgan fingerprint density at radius 2 is 0.959 bits per heavy atom. The zero-order valence-corrected chi connectivity index (χ0v) is 43.7. The first-order valence-electron chi connectivity index (χ1n) is 28.2. The van der Waals surface area contributed by atoms with Crippen molar-refractivity contribution in [2.45, 2.75) is 158 Å². The molecule has 0 aromatic heterocycles. The van der Waals surface area contributed by atoms with E-state index in [0.29, 0.717) is 18.3 Å². The van der Waals surface area contributed by atoms with Crippen LogP contribution in [0.15, 0.2) is 78.9 Å². The molecule has 8 aliphatic rings. The smallest absolute Gasteiger partial charge is 0.220 e. The van der Waals surface area contributed by atoms with E-state index in [9.17, 15) is 28.0 Å². The summed E-state index contributed by atoms with van der Waals surface area (Å²) in [5.41, 5.74) is 3.36. The minimum absolute atomic E-state index is 0.00120. The number of carbonyl (C=O) groups excluding carboxylic acids is 4. The van der Waals surface area contributed by atoms with E-state index < -0.39 is 11.6 Å². The minimum atomic E-state index is -0.577. The number of hydrogen-bond acceptors (Lipinski definition) is 8. The first-order valence-corrected chi connectivity index (χ1v) is 28.2. The van der Waals surface area contributed by atoms with Crippen LogP contribution >= 0.6 is 0 Å². The van der Waals surface area contributed by atoms with Crippen LogP contribution in [0.2, 0.25) is 0 Å². The van der Waals surface area contributed by atoms with Crippen molar-refractivity contribution in [3.8, 4) is 0 Å². The summed E-state index contributed by atoms with van der Waals surface area (Å²) in [7, 11) is 0. The molecule has 8 fully saturated rings. The van der Waals surface area contributed by atoms with Gasteiger partial charge in [-0.05, 0) is 155 Å². The van der Waals surface area contributed by atoms with Gasteiger partial charge in [0, 0.05) is 93.7 Å². The van der Waals surface area contributed by atoms with Crippen LogP contribution in [0.4, 0.5) is 8.78 Å². The highest BCUT2D eigenvalue weighted by molar-refractivity contribution is 5.84. The average Bonchev–Trinajstić information content (AvgIpc) is 3.41. The lowest BCUT2D eigenvalue weighted by Gasteiger charge is -2.56. The number of morpholine rings is 2. The van der Waals surface area contributed by atoms with Gasteiger partial charge in [0.25, 0.3) is 0 Å². The monoisotopic (exact) mass is 1020 g/mol. The van der Waals surface area contributed by atoms with Gasteiger partial charge in [0.2, 0.25) is 23.6 Å². The summed E-state index contributed by atoms with van der Waals surface area (Å²) < 4.78 is 38.2. The number of carbonyl (C=O) groups is 4. The summed E-state index contributed by atoms with van der Waals surface area (Å²) in [6, 6.07) is 24.8. The lowest BCUT2D eigenvalue weighted by atomic mass is 9.49. The number of nitrogens with one attached hydrogen (secondary N) is 4. The lowest BCUT2D eigenvalue weighted by Crippen LogP contribution is -2.58. The third-order valence-corrected chi connectivity index (χ3v) is 18.1. The standard InChI is InChI=1S/C32H47N3O3.C28H35F2N3O3/c36-29(33-23-31-19-25-16-26(20-31)18-27(17-25)21-31)6-7-30(37)34-28-8-10-32(11-9-28,35-12-14-38-15-13-35)22-24-4-2-1-3-5-24;29-23-6-7-25(30)22(18-23)20-31-26(34)8-9-27(35)32-24-10-12-28(13-11-24,33-14-16-36-17-15-33)19-21-4-2-1-3-5-21/h1-5,25-28H,6-23H2,(H,33,36)(H,34,37);1-7,18,24H,8-17,19-20H2,(H,31,34)(H,32,35). The van der Waals surface area contributed by atoms with Crippen molar-refractivity contribution in [1.29, 1.82) is 0 Å². The molecular formula is C60H82F2N6O6. The van der Waals surface area contributed by atoms with Crippen LogP contribution in [0, 0.1) is 34.8 Å². The van der Waals surface area contributed by atoms with Crippen molar-refractivity contribution in [2.75, 3.05) is 59.2 Å². The molecular weight excluding hydrogens is 939 g/mol. The van der Waals surface area contributed by atoms with E-state index in [-0.39, 0.29) is 71.7 Å². The van der Waals surface area contributed by atoms with Crippen molar-refractivity contribution < 1.29 is 37.4 Å². The van der Waals surface area contributed by atoms with Crippen LogP contribution < -0.4 is 21.3 Å². The van der Waals surface area contributed by atoms with E-state index in [1.807, 2.05) is 6.07 Å². The molecule has 0 unspecified atom stereocenters. The number of nitrogens with zero attached hydrogens (tertiary/aromatic N) is 2. The predicted molar refractivity (Wildman–Crippen MR) is 282 cm³/mol. The Morgan fingerprint density at radius 1 is 0.541 bits per heavy atom. The largest absolute Gasteiger partial charge is 0.379 e. The number of benzene rings is 3. The molecule has 11 rings (SSSR count). The van der Waals surface area contributed by atoms with E-state index in [4.69, 9.17) is 9.47 Å². The summed E-state index contributed by atoms with van der Waals surface area (Å²) in [6.07, 6.45) is 18.8. The second kappa shape index (κ2) is 25.4. The van der Waals surface area contributed by atoms with E-state index >= 15 is 0 Å². The normalized spacial score (nSPS) is 29.8. The van der Waals surface area contributed by atoms with E-state index in [0.717, 1.165) is 159 Å². The zero-order valence-electron chi connectivity index (χ0n) is 43.7. The molecule has 3 aromatic carbocycles. The summed E-state index contributed by atoms with van der Waals surface area (Å²) in [6.45, 7) is 7.67. The maximum atomic E-state index is 13.7. The maximum absolute atomic E-state index is 13.7. The molecule has 4 amide bonds. The lowest BCUT2D eigenvalue weighted by molar-refractivity contribution is -0.128. The summed E-state index contributed by atoms with van der Waals surface area (Å²) in [5.74, 6) is 1.11. The van der Waals surface area contributed by atoms with Gasteiger partial charge in [0.05, 0.1) is 26.4 Å². The highest BCUT2D eigenvalue weighted by atomic mass is 19.1. The highest BCUT2D eigenvalue weighted by Crippen LogP contribution is 2.59. The number of hydrogen-bond donors (Lipinski definition) is 4. The third kappa shape index (κ3) is 14.6. The molecule has 14 heteroatoms. The zero-order chi connectivity index (χ0) is 51.4. The Labute approximate surface area is 438 Å². The maximum Gasteiger partial charge on any atom is 0.220 e. The van der Waals surface area contributed by atoms with Gasteiger partial charge < -0.3 is 30.7 Å². The molecule has 0 atom stereocenters. The van der Waals surface area contributed by atoms with Crippen LogP contribution in [0.5, 0.6) is 0 Å². The summed E-state index contributed by atoms with van der Waals surface area (Å²) >= 11 is 0. The molecule has 0 spiro atoms. The van der Waals surface area contributed by atoms with Crippen LogP contribution in [0.25, 0.3) is 0 Å². The van der Waals surface area contributed by atoms with Crippen molar-refractivity contribution in [3.63, 3.8) is 0 Å². The second-order valence-electron chi connectivity index (χ2n) is 23.4. The molecule has 12 nitrogen and oxygen atoms in total. The average molecular weight is 1020 g/mol. The molecule has 4 bridgehead atoms. The summed E-state index contributed by atoms with van der Waals surface area (Å²) in [4.78, 5) is 55.3. The Kier molecular flexibility index (Phi) is 18.5. The third-order valence-electron chi connectivity index (χ3n) is 18.1. The molecule has 6 aliphatic carbocycles. The van der Waals surface area contributed by atoms with Crippen LogP contribution in [0.1, 0.15) is 132 Å². The molecule has 402 valence electrons. The van der Waals surface area contributed by atoms with Gasteiger partial charge in [-0.15, -0.1) is 0 Å². The van der Waals surface area contributed by atoms with E-state index in [2.05, 4.69) is 85.7 Å². The first-order chi connectivity index (χ1) is 35.9. The number of halogens is 2. The molecule has 2 heterocycles. The number of amides is 4. The van der Waals surface area contributed by atoms with Crippen LogP contribution in [-0.2, 0) is 48.0 Å². The topological polar surface area (TPSA) is 141 Å². The van der Waals surface area contributed by atoms with Gasteiger partial charge in [0.1, 0.15) is 11.6 Å². The van der Waals surface area contributed by atoms with Crippen LogP contribution in [0.3, 0.4) is 0 Å². The molecule has 2 aliphatic heterocycles. The number of rotatable bonds is 18. The fourth-order valence-corrected chi connectivity index (χ4v) is 14.7. The molecule has 2 saturated heterocycles. The fraction of sp³-hybridized carbons (Fsp3) is 0.633. The first kappa shape index (κ1) is 54.0. The Balaban J connectivity index is 0.000000182. The molecule has 74 heavy (non-hydrogen) atoms. The van der Waals surface area contributed by atoms with Crippen LogP contribution in [-0.4, -0.2) is 116 Å². The second-order valence-corrected chi connectivity index (χ2v) is 23.4. The molecule has 0 radical (unpaired) electrons. The van der Waals surface area contributed by atoms with Gasteiger partial charge >= 0.3 is 0 Å². The van der Waals surface area contributed by atoms with Gasteiger partial charge in [-0.3, -0.25) is 29.0 Å². The number of ether oxygens (including phenoxy) is 2. The Hall–Kier alpha value is -4.76. The van der Waals surface area contributed by atoms with Gasteiger partial charge in [-0.1, -0.05) is 60.7 Å². The van der Waals surface area contributed by atoms with Gasteiger partial charge in [-0.25, -0.2) is 8.78 Å². The van der Waals surface area contributed by atoms with E-state index in [1.54, 1.807) is 0 Å². The predicted octanol–water partition coefficient (Wildman–Crippen LogP) is 8.21. The summed E-state index contributed by atoms with van der Waals surface area (Å²) in [5, 5.41) is 12.2. The molecule has 4 N–H and O–H groups in total. The van der Waals surface area contributed by atoms with Crippen molar-refractivity contribution >= 4 is 23.6 Å². The van der Waals surface area contributed by atoms with Crippen molar-refractivity contribution in [2.24, 2.45) is 23.2 Å². The van der Waals surface area contributed by atoms with Gasteiger partial charge in [-0.2, -0.15) is 0 Å². The molecule has 3 aromatic rings. The SMILES string of the molecule is O=C(CCC(=O)NC1CCC(Cc2ccccc2)(N2CCOCC2)CC1)NCC12CC3CC(CC(C3)C1)C2.O=C(CCC(=O)NC1CCC(Cc2ccccc2)(N2CCOCC2)CC1)NCc1cc(F)ccc1F. The Morgan fingerprint density at radius 3 is 1.41 bits per heavy atom. The quantitative estimate of drug-likeness (QED) is 0.100. The Bertz CT molecular complexity index is 2270.